The lowest BCUT2D eigenvalue weighted by molar-refractivity contribution is 1.20. The van der Waals surface area contributed by atoms with Crippen LogP contribution < -0.4 is 5.32 Å². The molecule has 1 aromatic carbocycles. The van der Waals surface area contributed by atoms with Crippen molar-refractivity contribution in [2.75, 3.05) is 12.4 Å². The molecule has 3 rings (SSSR count). The lowest BCUT2D eigenvalue weighted by Gasteiger charge is -2.06. The first-order valence-electron chi connectivity index (χ1n) is 6.40. The van der Waals surface area contributed by atoms with Crippen molar-refractivity contribution >= 4 is 16.6 Å². The normalized spacial score (nSPS) is 10.4. The Morgan fingerprint density at radius 3 is 2.80 bits per heavy atom. The highest BCUT2D eigenvalue weighted by molar-refractivity contribution is 5.97. The van der Waals surface area contributed by atoms with Crippen LogP contribution in [0.15, 0.2) is 36.5 Å². The Hall–Kier alpha value is -2.80. The van der Waals surface area contributed by atoms with Crippen LogP contribution in [0.25, 0.3) is 22.2 Å². The van der Waals surface area contributed by atoms with Gasteiger partial charge in [0, 0.05) is 24.2 Å². The number of hydrogen-bond donors (Lipinski definition) is 2. The first kappa shape index (κ1) is 12.2. The first-order chi connectivity index (χ1) is 9.74. The molecule has 3 aromatic rings. The van der Waals surface area contributed by atoms with Gasteiger partial charge < -0.3 is 10.3 Å². The molecule has 0 atom stereocenters. The summed E-state index contributed by atoms with van der Waals surface area (Å²) in [5.74, 6) is 0. The van der Waals surface area contributed by atoms with Gasteiger partial charge in [-0.3, -0.25) is 4.98 Å². The predicted molar refractivity (Wildman–Crippen MR) is 80.5 cm³/mol. The second-order valence-corrected chi connectivity index (χ2v) is 4.62. The minimum Gasteiger partial charge on any atom is -0.387 e. The Morgan fingerprint density at radius 2 is 2.10 bits per heavy atom. The minimum absolute atomic E-state index is 0.650. The van der Waals surface area contributed by atoms with E-state index >= 15 is 0 Å². The third-order valence-electron chi connectivity index (χ3n) is 3.47. The predicted octanol–water partition coefficient (Wildman–Crippen LogP) is 3.45. The monoisotopic (exact) mass is 262 g/mol. The number of aryl methyl sites for hydroxylation is 1. The molecule has 0 bridgehead atoms. The van der Waals surface area contributed by atoms with E-state index in [1.54, 1.807) is 0 Å². The van der Waals surface area contributed by atoms with E-state index in [0.29, 0.717) is 5.56 Å². The number of H-pyrrole nitrogens is 1. The molecule has 0 fully saturated rings. The van der Waals surface area contributed by atoms with Gasteiger partial charge in [0.05, 0.1) is 28.2 Å². The van der Waals surface area contributed by atoms with Gasteiger partial charge in [-0.05, 0) is 25.1 Å². The summed E-state index contributed by atoms with van der Waals surface area (Å²) in [5, 5.41) is 13.3. The summed E-state index contributed by atoms with van der Waals surface area (Å²) in [4.78, 5) is 7.80. The van der Waals surface area contributed by atoms with Crippen molar-refractivity contribution in [3.63, 3.8) is 0 Å². The average Bonchev–Trinajstić information content (AvgIpc) is 2.91. The number of pyridine rings is 1. The second-order valence-electron chi connectivity index (χ2n) is 4.62. The lowest BCUT2D eigenvalue weighted by atomic mass is 10.1. The van der Waals surface area contributed by atoms with E-state index in [1.165, 1.54) is 0 Å². The number of rotatable bonds is 2. The standard InChI is InChI=1S/C16H14N4/c1-10-14(18-2)6-7-15(20-10)13-9-19-16-11(8-17)4-3-5-12(13)16/h3-7,9,18-19H,1-2H3. The Morgan fingerprint density at radius 1 is 1.25 bits per heavy atom. The molecule has 0 spiro atoms. The van der Waals surface area contributed by atoms with Gasteiger partial charge >= 0.3 is 0 Å². The summed E-state index contributed by atoms with van der Waals surface area (Å²) in [6, 6.07) is 11.9. The fraction of sp³-hybridized carbons (Fsp3) is 0.125. The van der Waals surface area contributed by atoms with Gasteiger partial charge in [0.2, 0.25) is 0 Å². The van der Waals surface area contributed by atoms with Gasteiger partial charge in [-0.15, -0.1) is 0 Å². The number of aromatic nitrogens is 2. The van der Waals surface area contributed by atoms with Crippen LogP contribution in [0.3, 0.4) is 0 Å². The van der Waals surface area contributed by atoms with E-state index < -0.39 is 0 Å². The fourth-order valence-corrected chi connectivity index (χ4v) is 2.43. The third-order valence-corrected chi connectivity index (χ3v) is 3.47. The third kappa shape index (κ3) is 1.81. The van der Waals surface area contributed by atoms with Crippen molar-refractivity contribution in [3.8, 4) is 17.3 Å². The van der Waals surface area contributed by atoms with Crippen molar-refractivity contribution in [3.05, 3.63) is 47.8 Å². The van der Waals surface area contributed by atoms with Crippen LogP contribution in [0, 0.1) is 18.3 Å². The summed E-state index contributed by atoms with van der Waals surface area (Å²) in [5.41, 5.74) is 5.41. The van der Waals surface area contributed by atoms with Crippen LogP contribution >= 0.6 is 0 Å². The SMILES string of the molecule is CNc1ccc(-c2c[nH]c3c(C#N)cccc23)nc1C. The lowest BCUT2D eigenvalue weighted by Crippen LogP contribution is -1.95. The van der Waals surface area contributed by atoms with Crippen molar-refractivity contribution in [2.24, 2.45) is 0 Å². The number of nitriles is 1. The molecule has 0 unspecified atom stereocenters. The number of anilines is 1. The van der Waals surface area contributed by atoms with Crippen LogP contribution in [0.2, 0.25) is 0 Å². The van der Waals surface area contributed by atoms with Crippen molar-refractivity contribution in [2.45, 2.75) is 6.92 Å². The summed E-state index contributed by atoms with van der Waals surface area (Å²) in [6.45, 7) is 1.98. The van der Waals surface area contributed by atoms with E-state index in [1.807, 2.05) is 50.5 Å². The quantitative estimate of drug-likeness (QED) is 0.743. The fourth-order valence-electron chi connectivity index (χ4n) is 2.43. The number of fused-ring (bicyclic) bond motifs is 1. The molecule has 4 heteroatoms. The highest BCUT2D eigenvalue weighted by atomic mass is 14.9. The highest BCUT2D eigenvalue weighted by Gasteiger charge is 2.10. The molecule has 0 aliphatic heterocycles. The van der Waals surface area contributed by atoms with Gasteiger partial charge in [-0.2, -0.15) is 5.26 Å². The van der Waals surface area contributed by atoms with Crippen molar-refractivity contribution < 1.29 is 0 Å². The van der Waals surface area contributed by atoms with Gasteiger partial charge in [0.1, 0.15) is 6.07 Å². The molecule has 0 saturated carbocycles. The molecule has 0 aliphatic carbocycles. The Bertz CT molecular complexity index is 824. The topological polar surface area (TPSA) is 64.5 Å². The van der Waals surface area contributed by atoms with Crippen LogP contribution in [0.5, 0.6) is 0 Å². The summed E-state index contributed by atoms with van der Waals surface area (Å²) in [7, 11) is 1.88. The summed E-state index contributed by atoms with van der Waals surface area (Å²) >= 11 is 0. The molecule has 0 amide bonds. The molecule has 0 aliphatic rings. The van der Waals surface area contributed by atoms with Gasteiger partial charge in [-0.25, -0.2) is 0 Å². The zero-order valence-electron chi connectivity index (χ0n) is 11.4. The van der Waals surface area contributed by atoms with Crippen molar-refractivity contribution in [1.29, 1.82) is 5.26 Å². The smallest absolute Gasteiger partial charge is 0.101 e. The van der Waals surface area contributed by atoms with Crippen LogP contribution in [0.1, 0.15) is 11.3 Å². The Balaban J connectivity index is 2.21. The second kappa shape index (κ2) is 4.71. The van der Waals surface area contributed by atoms with Crippen LogP contribution in [-0.2, 0) is 0 Å². The Kier molecular flexibility index (Phi) is 2.88. The average molecular weight is 262 g/mol. The minimum atomic E-state index is 0.650. The van der Waals surface area contributed by atoms with E-state index in [0.717, 1.165) is 33.5 Å². The van der Waals surface area contributed by atoms with E-state index in [4.69, 9.17) is 5.26 Å². The van der Waals surface area contributed by atoms with Crippen LogP contribution in [0.4, 0.5) is 5.69 Å². The number of aromatic amines is 1. The maximum absolute atomic E-state index is 9.13. The Labute approximate surface area is 117 Å². The molecule has 2 N–H and O–H groups in total. The van der Waals surface area contributed by atoms with Crippen molar-refractivity contribution in [1.82, 2.24) is 9.97 Å². The zero-order chi connectivity index (χ0) is 14.1. The number of nitrogens with zero attached hydrogens (tertiary/aromatic N) is 2. The number of para-hydroxylation sites is 1. The summed E-state index contributed by atoms with van der Waals surface area (Å²) < 4.78 is 0. The number of benzene rings is 1. The molecule has 2 heterocycles. The van der Waals surface area contributed by atoms with E-state index in [2.05, 4.69) is 21.4 Å². The molecule has 4 nitrogen and oxygen atoms in total. The molecular formula is C16H14N4. The van der Waals surface area contributed by atoms with E-state index in [-0.39, 0.29) is 0 Å². The maximum atomic E-state index is 9.13. The van der Waals surface area contributed by atoms with E-state index in [9.17, 15) is 0 Å². The summed E-state index contributed by atoms with van der Waals surface area (Å²) in [6.07, 6.45) is 1.91. The largest absolute Gasteiger partial charge is 0.387 e. The van der Waals surface area contributed by atoms with Gasteiger partial charge in [0.15, 0.2) is 0 Å². The molecule has 0 saturated heterocycles. The molecule has 98 valence electrons. The van der Waals surface area contributed by atoms with Crippen LogP contribution in [-0.4, -0.2) is 17.0 Å². The highest BCUT2D eigenvalue weighted by Crippen LogP contribution is 2.30. The zero-order valence-corrected chi connectivity index (χ0v) is 11.4. The molecule has 2 aromatic heterocycles. The number of hydrogen-bond acceptors (Lipinski definition) is 3. The number of nitrogens with one attached hydrogen (secondary N) is 2. The molecule has 0 radical (unpaired) electrons. The first-order valence-corrected chi connectivity index (χ1v) is 6.40. The van der Waals surface area contributed by atoms with Gasteiger partial charge in [-0.1, -0.05) is 12.1 Å². The van der Waals surface area contributed by atoms with Gasteiger partial charge in [0.25, 0.3) is 0 Å². The maximum Gasteiger partial charge on any atom is 0.101 e. The molecule has 20 heavy (non-hydrogen) atoms. The molecular weight excluding hydrogens is 248 g/mol.